The Balaban J connectivity index is 2.13. The van der Waals surface area contributed by atoms with Crippen molar-refractivity contribution >= 4 is 5.91 Å². The van der Waals surface area contributed by atoms with Crippen LogP contribution in [0, 0.1) is 0 Å². The first-order valence-electron chi connectivity index (χ1n) is 5.61. The molecule has 5 N–H and O–H groups in total. The van der Waals surface area contributed by atoms with Crippen LogP contribution < -0.4 is 5.73 Å². The van der Waals surface area contributed by atoms with Crippen LogP contribution in [-0.2, 0) is 9.53 Å². The first-order valence-corrected chi connectivity index (χ1v) is 5.61. The summed E-state index contributed by atoms with van der Waals surface area (Å²) in [5, 5.41) is 28.5. The first kappa shape index (κ1) is 13.0. The Bertz CT molecular complexity index is 395. The van der Waals surface area contributed by atoms with E-state index in [0.29, 0.717) is 12.1 Å². The molecule has 7 heteroatoms. The molecule has 1 amide bonds. The van der Waals surface area contributed by atoms with Crippen LogP contribution >= 0.6 is 0 Å². The predicted octanol–water partition coefficient (Wildman–Crippen LogP) is -2.33. The molecule has 1 fully saturated rings. The lowest BCUT2D eigenvalue weighted by Crippen LogP contribution is -2.42. The lowest BCUT2D eigenvalue weighted by molar-refractivity contribution is -0.114. The van der Waals surface area contributed by atoms with Crippen LogP contribution in [0.5, 0.6) is 0 Å². The van der Waals surface area contributed by atoms with Crippen LogP contribution in [0.4, 0.5) is 0 Å². The van der Waals surface area contributed by atoms with Gasteiger partial charge in [-0.3, -0.25) is 4.79 Å². The molecule has 4 atom stereocenters. The third kappa shape index (κ3) is 2.25. The fourth-order valence-electron chi connectivity index (χ4n) is 2.05. The molecule has 7 nitrogen and oxygen atoms in total. The van der Waals surface area contributed by atoms with Crippen molar-refractivity contribution in [3.05, 3.63) is 23.9 Å². The van der Waals surface area contributed by atoms with Gasteiger partial charge in [0.15, 0.2) is 6.23 Å². The summed E-state index contributed by atoms with van der Waals surface area (Å²) < 4.78 is 5.35. The first-order chi connectivity index (χ1) is 8.54. The Morgan fingerprint density at radius 3 is 2.78 bits per heavy atom. The maximum Gasteiger partial charge on any atom is 0.250 e. The second-order valence-electron chi connectivity index (χ2n) is 4.28. The van der Waals surface area contributed by atoms with Crippen molar-refractivity contribution in [1.82, 2.24) is 4.90 Å². The van der Waals surface area contributed by atoms with Gasteiger partial charge in [0.1, 0.15) is 18.3 Å². The van der Waals surface area contributed by atoms with Crippen LogP contribution in [0.25, 0.3) is 0 Å². The quantitative estimate of drug-likeness (QED) is 0.450. The van der Waals surface area contributed by atoms with E-state index in [-0.39, 0.29) is 6.61 Å². The van der Waals surface area contributed by atoms with Crippen LogP contribution in [0.2, 0.25) is 0 Å². The lowest BCUT2D eigenvalue weighted by atomic mass is 10.1. The minimum atomic E-state index is -1.16. The predicted molar refractivity (Wildman–Crippen MR) is 60.9 cm³/mol. The second-order valence-corrected chi connectivity index (χ2v) is 4.28. The highest BCUT2D eigenvalue weighted by Crippen LogP contribution is 2.25. The largest absolute Gasteiger partial charge is 0.394 e. The molecular formula is C11H16N2O5. The van der Waals surface area contributed by atoms with Crippen molar-refractivity contribution in [1.29, 1.82) is 0 Å². The Kier molecular flexibility index (Phi) is 3.67. The number of aliphatic hydroxyl groups excluding tert-OH is 3. The van der Waals surface area contributed by atoms with Gasteiger partial charge in [0.25, 0.3) is 0 Å². The summed E-state index contributed by atoms with van der Waals surface area (Å²) in [5.41, 5.74) is 5.46. The molecular weight excluding hydrogens is 240 g/mol. The molecule has 2 heterocycles. The number of carbonyl (C=O) groups excluding carboxylic acids is 1. The number of aliphatic hydroxyl groups is 3. The van der Waals surface area contributed by atoms with Crippen LogP contribution in [0.1, 0.15) is 0 Å². The number of hydrogen-bond donors (Lipinski definition) is 4. The third-order valence-electron chi connectivity index (χ3n) is 3.05. The van der Waals surface area contributed by atoms with E-state index in [2.05, 4.69) is 0 Å². The number of carbonyl (C=O) groups is 1. The highest BCUT2D eigenvalue weighted by Gasteiger charge is 2.44. The van der Waals surface area contributed by atoms with E-state index in [4.69, 9.17) is 15.6 Å². The van der Waals surface area contributed by atoms with Crippen LogP contribution in [-0.4, -0.2) is 63.8 Å². The fraction of sp³-hybridized carbons (Fsp3) is 0.545. The van der Waals surface area contributed by atoms with Crippen molar-refractivity contribution < 1.29 is 24.9 Å². The summed E-state index contributed by atoms with van der Waals surface area (Å²) in [5.74, 6) is -0.581. The number of amides is 1. The zero-order valence-corrected chi connectivity index (χ0v) is 9.64. The SMILES string of the molecule is NC(=O)C1=CN(C2OC(CO)C(O)C2O)CC=C1. The van der Waals surface area contributed by atoms with E-state index in [1.807, 2.05) is 0 Å². The summed E-state index contributed by atoms with van der Waals surface area (Å²) in [6.45, 7) is 0.0359. The molecule has 0 saturated carbocycles. The van der Waals surface area contributed by atoms with Gasteiger partial charge in [-0.2, -0.15) is 0 Å². The smallest absolute Gasteiger partial charge is 0.250 e. The van der Waals surface area contributed by atoms with Gasteiger partial charge < -0.3 is 30.7 Å². The minimum Gasteiger partial charge on any atom is -0.394 e. The van der Waals surface area contributed by atoms with E-state index < -0.39 is 30.4 Å². The van der Waals surface area contributed by atoms with Gasteiger partial charge >= 0.3 is 0 Å². The molecule has 2 rings (SSSR count). The second kappa shape index (κ2) is 5.07. The van der Waals surface area contributed by atoms with E-state index in [1.165, 1.54) is 6.20 Å². The topological polar surface area (TPSA) is 116 Å². The molecule has 4 unspecified atom stereocenters. The molecule has 100 valence electrons. The zero-order valence-electron chi connectivity index (χ0n) is 9.64. The number of primary amides is 1. The zero-order chi connectivity index (χ0) is 13.3. The average molecular weight is 256 g/mol. The summed E-state index contributed by atoms with van der Waals surface area (Å²) in [6, 6.07) is 0. The van der Waals surface area contributed by atoms with Gasteiger partial charge in [-0.05, 0) is 0 Å². The summed E-state index contributed by atoms with van der Waals surface area (Å²) in [4.78, 5) is 12.6. The lowest BCUT2D eigenvalue weighted by Gasteiger charge is -2.30. The summed E-state index contributed by atoms with van der Waals surface area (Å²) in [6.07, 6.45) is 0.811. The van der Waals surface area contributed by atoms with E-state index in [1.54, 1.807) is 17.1 Å². The third-order valence-corrected chi connectivity index (χ3v) is 3.05. The van der Waals surface area contributed by atoms with Crippen molar-refractivity contribution in [2.45, 2.75) is 24.5 Å². The number of rotatable bonds is 3. The molecule has 0 aromatic rings. The van der Waals surface area contributed by atoms with Gasteiger partial charge in [-0.25, -0.2) is 0 Å². The van der Waals surface area contributed by atoms with Gasteiger partial charge in [-0.1, -0.05) is 12.2 Å². The molecule has 2 aliphatic rings. The minimum absolute atomic E-state index is 0.291. The Morgan fingerprint density at radius 1 is 1.50 bits per heavy atom. The number of nitrogens with zero attached hydrogens (tertiary/aromatic N) is 1. The van der Waals surface area contributed by atoms with Crippen molar-refractivity contribution in [2.24, 2.45) is 5.73 Å². The average Bonchev–Trinajstić information content (AvgIpc) is 2.66. The molecule has 0 radical (unpaired) electrons. The van der Waals surface area contributed by atoms with Gasteiger partial charge in [-0.15, -0.1) is 0 Å². The summed E-state index contributed by atoms with van der Waals surface area (Å²) in [7, 11) is 0. The molecule has 2 aliphatic heterocycles. The highest BCUT2D eigenvalue weighted by atomic mass is 16.6. The van der Waals surface area contributed by atoms with Gasteiger partial charge in [0.05, 0.1) is 12.2 Å². The van der Waals surface area contributed by atoms with E-state index in [0.717, 1.165) is 0 Å². The fourth-order valence-corrected chi connectivity index (χ4v) is 2.05. The maximum absolute atomic E-state index is 11.1. The maximum atomic E-state index is 11.1. The van der Waals surface area contributed by atoms with E-state index >= 15 is 0 Å². The number of hydrogen-bond acceptors (Lipinski definition) is 6. The Labute approximate surface area is 104 Å². The summed E-state index contributed by atoms with van der Waals surface area (Å²) >= 11 is 0. The Hall–Kier alpha value is -1.41. The molecule has 0 aromatic carbocycles. The van der Waals surface area contributed by atoms with Crippen molar-refractivity contribution in [3.8, 4) is 0 Å². The van der Waals surface area contributed by atoms with E-state index in [9.17, 15) is 15.0 Å². The van der Waals surface area contributed by atoms with Gasteiger partial charge in [0.2, 0.25) is 5.91 Å². The monoisotopic (exact) mass is 256 g/mol. The van der Waals surface area contributed by atoms with Crippen LogP contribution in [0.3, 0.4) is 0 Å². The molecule has 0 aromatic heterocycles. The highest BCUT2D eigenvalue weighted by molar-refractivity contribution is 5.94. The van der Waals surface area contributed by atoms with Crippen molar-refractivity contribution in [2.75, 3.05) is 13.2 Å². The van der Waals surface area contributed by atoms with Crippen molar-refractivity contribution in [3.63, 3.8) is 0 Å². The molecule has 0 aliphatic carbocycles. The molecule has 0 bridgehead atoms. The molecule has 1 saturated heterocycles. The molecule has 18 heavy (non-hydrogen) atoms. The number of ether oxygens (including phenoxy) is 1. The molecule has 0 spiro atoms. The Morgan fingerprint density at radius 2 is 2.22 bits per heavy atom. The van der Waals surface area contributed by atoms with Crippen LogP contribution in [0.15, 0.2) is 23.9 Å². The normalized spacial score (nSPS) is 35.7. The number of nitrogens with two attached hydrogens (primary N) is 1. The standard InChI is InChI=1S/C11H16N2O5/c12-10(17)6-2-1-3-13(4-6)11-9(16)8(15)7(5-14)18-11/h1-2,4,7-9,11,14-16H,3,5H2,(H2,12,17). The van der Waals surface area contributed by atoms with Gasteiger partial charge in [0, 0.05) is 12.7 Å².